The molecule has 0 bridgehead atoms. The second-order valence-corrected chi connectivity index (χ2v) is 9.51. The van der Waals surface area contributed by atoms with Crippen molar-refractivity contribution in [3.63, 3.8) is 0 Å². The van der Waals surface area contributed by atoms with Crippen molar-refractivity contribution >= 4 is 40.0 Å². The lowest BCUT2D eigenvalue weighted by Crippen LogP contribution is -2.50. The fourth-order valence-corrected chi connectivity index (χ4v) is 4.96. The van der Waals surface area contributed by atoms with E-state index in [2.05, 4.69) is 20.4 Å². The number of amides is 2. The fraction of sp³-hybridized carbons (Fsp3) is 0.364. The molecule has 3 heterocycles. The Kier molecular flexibility index (Phi) is 8.26. The standard InChI is InChI=1S/C22H25N5O5S2/c1-30-16-4-2-5-17(12-16)32-14-20(29)26-7-9-27(10-8-26)21-24-25-22(34-21)33-15-19(28)23-13-18-6-3-11-31-18/h2-6,11-12H,7-10,13-15H2,1H3,(H,23,28). The molecule has 12 heteroatoms. The molecule has 0 saturated carbocycles. The second-order valence-electron chi connectivity index (χ2n) is 7.33. The lowest BCUT2D eigenvalue weighted by molar-refractivity contribution is -0.133. The summed E-state index contributed by atoms with van der Waals surface area (Å²) < 4.78 is 16.7. The molecule has 1 N–H and O–H groups in total. The van der Waals surface area contributed by atoms with Gasteiger partial charge in [-0.1, -0.05) is 29.2 Å². The van der Waals surface area contributed by atoms with Gasteiger partial charge in [-0.2, -0.15) is 0 Å². The molecule has 0 unspecified atom stereocenters. The maximum atomic E-state index is 12.5. The number of hydrogen-bond donors (Lipinski definition) is 1. The van der Waals surface area contributed by atoms with Crippen LogP contribution in [0, 0.1) is 0 Å². The Balaban J connectivity index is 1.17. The van der Waals surface area contributed by atoms with E-state index in [0.717, 1.165) is 9.47 Å². The lowest BCUT2D eigenvalue weighted by atomic mass is 10.3. The van der Waals surface area contributed by atoms with E-state index in [1.807, 2.05) is 18.2 Å². The molecule has 180 valence electrons. The van der Waals surface area contributed by atoms with Crippen LogP contribution in [-0.4, -0.2) is 72.6 Å². The Labute approximate surface area is 205 Å². The number of carbonyl (C=O) groups is 2. The normalized spacial score (nSPS) is 13.6. The van der Waals surface area contributed by atoms with Gasteiger partial charge in [0.25, 0.3) is 5.91 Å². The zero-order chi connectivity index (χ0) is 23.8. The van der Waals surface area contributed by atoms with Gasteiger partial charge in [-0.05, 0) is 24.3 Å². The first-order valence-corrected chi connectivity index (χ1v) is 12.5. The Morgan fingerprint density at radius 2 is 1.97 bits per heavy atom. The number of aromatic nitrogens is 2. The fourth-order valence-electron chi connectivity index (χ4n) is 3.24. The maximum Gasteiger partial charge on any atom is 0.260 e. The molecule has 0 radical (unpaired) electrons. The zero-order valence-corrected chi connectivity index (χ0v) is 20.3. The molecule has 34 heavy (non-hydrogen) atoms. The van der Waals surface area contributed by atoms with Gasteiger partial charge < -0.3 is 29.0 Å². The first kappa shape index (κ1) is 23.9. The van der Waals surface area contributed by atoms with Crippen LogP contribution in [0.25, 0.3) is 0 Å². The van der Waals surface area contributed by atoms with Crippen LogP contribution >= 0.6 is 23.1 Å². The molecule has 3 aromatic rings. The van der Waals surface area contributed by atoms with E-state index in [9.17, 15) is 9.59 Å². The van der Waals surface area contributed by atoms with Crippen LogP contribution in [0.1, 0.15) is 5.76 Å². The third-order valence-electron chi connectivity index (χ3n) is 5.07. The predicted octanol–water partition coefficient (Wildman–Crippen LogP) is 2.28. The number of methoxy groups -OCH3 is 1. The summed E-state index contributed by atoms with van der Waals surface area (Å²) in [5, 5.41) is 12.0. The van der Waals surface area contributed by atoms with Gasteiger partial charge in [0.05, 0.1) is 25.7 Å². The number of ether oxygens (including phenoxy) is 2. The van der Waals surface area contributed by atoms with Crippen molar-refractivity contribution in [2.45, 2.75) is 10.9 Å². The van der Waals surface area contributed by atoms with E-state index in [0.29, 0.717) is 50.0 Å². The topological polar surface area (TPSA) is 110 Å². The number of furan rings is 1. The number of benzene rings is 1. The van der Waals surface area contributed by atoms with Gasteiger partial charge in [-0.15, -0.1) is 10.2 Å². The van der Waals surface area contributed by atoms with Gasteiger partial charge >= 0.3 is 0 Å². The maximum absolute atomic E-state index is 12.5. The van der Waals surface area contributed by atoms with Crippen molar-refractivity contribution in [2.24, 2.45) is 0 Å². The smallest absolute Gasteiger partial charge is 0.260 e. The van der Waals surface area contributed by atoms with Crippen LogP contribution in [0.15, 0.2) is 51.4 Å². The average molecular weight is 504 g/mol. The number of piperazine rings is 1. The quantitative estimate of drug-likeness (QED) is 0.417. The second kappa shape index (κ2) is 11.7. The third kappa shape index (κ3) is 6.64. The molecule has 0 atom stereocenters. The Morgan fingerprint density at radius 3 is 2.74 bits per heavy atom. The van der Waals surface area contributed by atoms with Crippen molar-refractivity contribution in [1.29, 1.82) is 0 Å². The molecule has 2 amide bonds. The van der Waals surface area contributed by atoms with E-state index in [-0.39, 0.29) is 24.2 Å². The molecule has 1 saturated heterocycles. The molecule has 0 spiro atoms. The van der Waals surface area contributed by atoms with Gasteiger partial charge in [0.2, 0.25) is 11.0 Å². The SMILES string of the molecule is COc1cccc(OCC(=O)N2CCN(c3nnc(SCC(=O)NCc4ccco4)s3)CC2)c1. The van der Waals surface area contributed by atoms with E-state index in [1.165, 1.54) is 23.1 Å². The third-order valence-corrected chi connectivity index (χ3v) is 7.19. The first-order valence-electron chi connectivity index (χ1n) is 10.7. The van der Waals surface area contributed by atoms with Gasteiger partial charge in [0.15, 0.2) is 10.9 Å². The minimum absolute atomic E-state index is 0.0191. The number of hydrogen-bond acceptors (Lipinski definition) is 10. The summed E-state index contributed by atoms with van der Waals surface area (Å²) in [6.45, 7) is 2.83. The van der Waals surface area contributed by atoms with Crippen LogP contribution in [0.4, 0.5) is 5.13 Å². The zero-order valence-electron chi connectivity index (χ0n) is 18.6. The monoisotopic (exact) mass is 503 g/mol. The van der Waals surface area contributed by atoms with Gasteiger partial charge in [-0.3, -0.25) is 9.59 Å². The van der Waals surface area contributed by atoms with E-state index in [1.54, 1.807) is 36.5 Å². The summed E-state index contributed by atoms with van der Waals surface area (Å²) >= 11 is 2.79. The van der Waals surface area contributed by atoms with Crippen LogP contribution in [-0.2, 0) is 16.1 Å². The summed E-state index contributed by atoms with van der Waals surface area (Å²) in [7, 11) is 1.59. The average Bonchev–Trinajstić information content (AvgIpc) is 3.57. The highest BCUT2D eigenvalue weighted by molar-refractivity contribution is 8.01. The Bertz CT molecular complexity index is 1080. The van der Waals surface area contributed by atoms with Crippen LogP contribution in [0.5, 0.6) is 11.5 Å². The minimum atomic E-state index is -0.0959. The van der Waals surface area contributed by atoms with Crippen LogP contribution < -0.4 is 19.7 Å². The molecular formula is C22H25N5O5S2. The van der Waals surface area contributed by atoms with E-state index >= 15 is 0 Å². The van der Waals surface area contributed by atoms with Gasteiger partial charge in [0, 0.05) is 32.2 Å². The highest BCUT2D eigenvalue weighted by Gasteiger charge is 2.24. The molecule has 0 aliphatic carbocycles. The minimum Gasteiger partial charge on any atom is -0.497 e. The van der Waals surface area contributed by atoms with E-state index in [4.69, 9.17) is 13.9 Å². The summed E-state index contributed by atoms with van der Waals surface area (Å²) in [5.41, 5.74) is 0. The molecule has 1 aliphatic heterocycles. The van der Waals surface area contributed by atoms with Crippen molar-refractivity contribution in [3.8, 4) is 11.5 Å². The highest BCUT2D eigenvalue weighted by Crippen LogP contribution is 2.28. The number of nitrogens with zero attached hydrogens (tertiary/aromatic N) is 4. The number of nitrogens with one attached hydrogen (secondary N) is 1. The Morgan fingerprint density at radius 1 is 1.15 bits per heavy atom. The summed E-state index contributed by atoms with van der Waals surface area (Å²) in [5.74, 6) is 2.09. The first-order chi connectivity index (χ1) is 16.6. The molecular weight excluding hydrogens is 478 g/mol. The molecule has 10 nitrogen and oxygen atoms in total. The number of thioether (sulfide) groups is 1. The van der Waals surface area contributed by atoms with Crippen molar-refractivity contribution in [1.82, 2.24) is 20.4 Å². The highest BCUT2D eigenvalue weighted by atomic mass is 32.2. The summed E-state index contributed by atoms with van der Waals surface area (Å²) in [6.07, 6.45) is 1.57. The summed E-state index contributed by atoms with van der Waals surface area (Å²) in [6, 6.07) is 10.8. The van der Waals surface area contributed by atoms with Crippen molar-refractivity contribution < 1.29 is 23.5 Å². The predicted molar refractivity (Wildman–Crippen MR) is 128 cm³/mol. The van der Waals surface area contributed by atoms with Crippen molar-refractivity contribution in [3.05, 3.63) is 48.4 Å². The van der Waals surface area contributed by atoms with Gasteiger partial charge in [0.1, 0.15) is 17.3 Å². The van der Waals surface area contributed by atoms with Crippen LogP contribution in [0.2, 0.25) is 0 Å². The number of anilines is 1. The largest absolute Gasteiger partial charge is 0.497 e. The van der Waals surface area contributed by atoms with Gasteiger partial charge in [-0.25, -0.2) is 0 Å². The molecule has 1 aromatic carbocycles. The molecule has 2 aromatic heterocycles. The van der Waals surface area contributed by atoms with Crippen molar-refractivity contribution in [2.75, 3.05) is 50.5 Å². The summed E-state index contributed by atoms with van der Waals surface area (Å²) in [4.78, 5) is 28.4. The molecule has 1 aliphatic rings. The van der Waals surface area contributed by atoms with E-state index < -0.39 is 0 Å². The number of rotatable bonds is 10. The lowest BCUT2D eigenvalue weighted by Gasteiger charge is -2.34. The number of carbonyl (C=O) groups excluding carboxylic acids is 2. The molecule has 4 rings (SSSR count). The molecule has 1 fully saturated rings. The van der Waals surface area contributed by atoms with Crippen LogP contribution in [0.3, 0.4) is 0 Å². The Hall–Kier alpha value is -3.25.